The van der Waals surface area contributed by atoms with Crippen LogP contribution >= 0.6 is 85.7 Å². The van der Waals surface area contributed by atoms with E-state index in [9.17, 15) is 50.7 Å². The van der Waals surface area contributed by atoms with Crippen molar-refractivity contribution >= 4 is 108 Å². The van der Waals surface area contributed by atoms with E-state index >= 15 is 0 Å². The normalized spacial score (nSPS) is 9.50. The number of rotatable bonds is 11. The number of anilines is 1. The van der Waals surface area contributed by atoms with E-state index in [1.165, 1.54) is 56.5 Å². The van der Waals surface area contributed by atoms with Gasteiger partial charge in [0, 0.05) is 53.8 Å². The molecule has 4 radical (unpaired) electrons. The third-order valence-electron chi connectivity index (χ3n) is 7.08. The molecule has 388 valence electrons. The fourth-order valence-electron chi connectivity index (χ4n) is 4.04. The van der Waals surface area contributed by atoms with Crippen molar-refractivity contribution in [3.8, 4) is 17.1 Å². The SMILES string of the molecule is C=CCBr.C=CCSc1[nH]c(=O)ncc1F.C=CCSc1nc(=O)n(-c2ccsc2)cc1F.Nc1nc(=O)n(-c2ccsc2)cc1F.O=c1[nH]cc(F)c(=O)[nH]1.O=c1[nH]cc(F)c(=S)[nH]1.O[B]Oc1ccsc1.[B]. The molecule has 0 atom stereocenters. The molecule has 8 rings (SSSR count). The summed E-state index contributed by atoms with van der Waals surface area (Å²) in [6.45, 7) is 10.4. The standard InChI is InChI=1S/C11H9FN2OS2.C8H6FN3OS.C7H7FN2OS.C4H4BO2S.C4H3FN2O2.C4H3FN2OS.C3H5Br.B/c1-2-4-17-10-9(12)6-14(11(15)13-10)8-3-5-16-7-8;9-6-3-12(5-1-2-14-4-5)8(13)11-7(6)10;1-2-3-12-6-5(8)4-9-7(11)10-6;6-5-7-4-1-2-8-3-4;5-2-1-6-4(9)7-3(2)8;5-2-1-6-4(8)7-3(2)9;1-2-3-4;/h2-3,5-7H,1,4H2;1-4H,(H2,10,11,13);2,4H,1,3H2,(H,9,10,11);1-3,6H;2*1H,(H2,6,7,8,9);2H,1,3H2;. The summed E-state index contributed by atoms with van der Waals surface area (Å²) in [5.74, 6) is -1.94. The van der Waals surface area contributed by atoms with E-state index < -0.39 is 63.1 Å². The number of aromatic nitrogens is 10. The predicted molar refractivity (Wildman–Crippen MR) is 289 cm³/mol. The van der Waals surface area contributed by atoms with E-state index in [1.54, 1.807) is 62.9 Å². The first-order chi connectivity index (χ1) is 34.9. The average Bonchev–Trinajstić information content (AvgIpc) is 4.21. The molecule has 8 heterocycles. The van der Waals surface area contributed by atoms with Gasteiger partial charge in [-0.25, -0.2) is 41.5 Å². The van der Waals surface area contributed by atoms with Crippen molar-refractivity contribution in [1.82, 2.24) is 49.0 Å². The number of thiophene rings is 3. The van der Waals surface area contributed by atoms with Gasteiger partial charge in [-0.15, -0.1) is 42.8 Å². The zero-order valence-electron chi connectivity index (χ0n) is 37.5. The Kier molecular flexibility index (Phi) is 32.0. The Balaban J connectivity index is 0.000000444. The lowest BCUT2D eigenvalue weighted by Crippen LogP contribution is -2.23. The van der Waals surface area contributed by atoms with E-state index in [1.807, 2.05) is 15.7 Å². The van der Waals surface area contributed by atoms with E-state index in [4.69, 9.17) is 10.8 Å². The number of hydrogen-bond donors (Lipinski definition) is 7. The first-order valence-corrected chi connectivity index (χ1v) is 25.6. The van der Waals surface area contributed by atoms with Crippen LogP contribution in [0.3, 0.4) is 0 Å². The maximum atomic E-state index is 13.7. The molecule has 0 spiro atoms. The zero-order chi connectivity index (χ0) is 54.3. The second kappa shape index (κ2) is 36.2. The van der Waals surface area contributed by atoms with Crippen LogP contribution in [0.4, 0.5) is 27.8 Å². The van der Waals surface area contributed by atoms with Crippen molar-refractivity contribution in [2.45, 2.75) is 10.1 Å². The summed E-state index contributed by atoms with van der Waals surface area (Å²) in [4.78, 5) is 84.7. The molecule has 0 aliphatic rings. The lowest BCUT2D eigenvalue weighted by molar-refractivity contribution is 0.455. The quantitative estimate of drug-likeness (QED) is 0.0138. The first kappa shape index (κ1) is 65.3. The highest BCUT2D eigenvalue weighted by Crippen LogP contribution is 2.19. The zero-order valence-corrected chi connectivity index (χ0v) is 44.0. The van der Waals surface area contributed by atoms with Crippen molar-refractivity contribution in [2.24, 2.45) is 0 Å². The van der Waals surface area contributed by atoms with Gasteiger partial charge >= 0.3 is 36.1 Å². The number of nitrogens with two attached hydrogens (primary N) is 1. The van der Waals surface area contributed by atoms with Crippen LogP contribution in [-0.4, -0.2) is 87.0 Å². The Morgan fingerprint density at radius 1 is 0.743 bits per heavy atom. The summed E-state index contributed by atoms with van der Waals surface area (Å²) < 4.78 is 70.4. The number of aromatic amines is 5. The minimum absolute atomic E-state index is 0. The molecule has 33 heteroatoms. The average molecular weight is 1200 g/mol. The molecule has 0 aliphatic heterocycles. The molecule has 0 aliphatic carbocycles. The van der Waals surface area contributed by atoms with Crippen molar-refractivity contribution in [3.63, 3.8) is 0 Å². The Labute approximate surface area is 451 Å². The summed E-state index contributed by atoms with van der Waals surface area (Å²) >= 11 is 14.2. The Morgan fingerprint density at radius 3 is 1.74 bits per heavy atom. The number of nitrogens with zero attached hydrogens (tertiary/aromatic N) is 5. The summed E-state index contributed by atoms with van der Waals surface area (Å²) in [6.07, 6.45) is 9.79. The van der Waals surface area contributed by atoms with Gasteiger partial charge in [0.1, 0.15) is 20.4 Å². The highest BCUT2D eigenvalue weighted by atomic mass is 79.9. The lowest BCUT2D eigenvalue weighted by Gasteiger charge is -2.04. The lowest BCUT2D eigenvalue weighted by atomic mass is 10.4. The van der Waals surface area contributed by atoms with Crippen LogP contribution in [-0.2, 0) is 0 Å². The van der Waals surface area contributed by atoms with E-state index in [0.717, 1.165) is 40.2 Å². The van der Waals surface area contributed by atoms with Gasteiger partial charge in [-0.1, -0.05) is 58.1 Å². The third-order valence-corrected chi connectivity index (χ3v) is 11.8. The van der Waals surface area contributed by atoms with Gasteiger partial charge < -0.3 is 25.4 Å². The summed E-state index contributed by atoms with van der Waals surface area (Å²) in [6, 6.07) is 5.21. The van der Waals surface area contributed by atoms with Crippen molar-refractivity contribution in [2.75, 3.05) is 22.6 Å². The van der Waals surface area contributed by atoms with E-state index in [0.29, 0.717) is 42.5 Å². The Bertz CT molecular complexity index is 3320. The van der Waals surface area contributed by atoms with E-state index in [-0.39, 0.29) is 28.9 Å². The maximum absolute atomic E-state index is 13.7. The molecule has 74 heavy (non-hydrogen) atoms. The largest absolute Gasteiger partial charge is 0.569 e. The highest BCUT2D eigenvalue weighted by Gasteiger charge is 2.10. The van der Waals surface area contributed by atoms with Crippen LogP contribution in [0.5, 0.6) is 5.75 Å². The molecule has 0 amide bonds. The Morgan fingerprint density at radius 2 is 1.27 bits per heavy atom. The maximum Gasteiger partial charge on any atom is 0.569 e. The Hall–Kier alpha value is -6.74. The van der Waals surface area contributed by atoms with Gasteiger partial charge in [0.2, 0.25) is 5.82 Å². The van der Waals surface area contributed by atoms with Gasteiger partial charge in [-0.2, -0.15) is 42.0 Å². The molecule has 19 nitrogen and oxygen atoms in total. The number of H-pyrrole nitrogens is 5. The van der Waals surface area contributed by atoms with Crippen LogP contribution in [0, 0.1) is 33.7 Å². The molecule has 8 aromatic rings. The van der Waals surface area contributed by atoms with E-state index in [2.05, 4.69) is 82.4 Å². The van der Waals surface area contributed by atoms with Crippen molar-refractivity contribution in [1.29, 1.82) is 0 Å². The number of hydrogen-bond acceptors (Lipinski definition) is 18. The fourth-order valence-corrected chi connectivity index (χ4v) is 7.25. The first-order valence-electron chi connectivity index (χ1n) is 19.3. The van der Waals surface area contributed by atoms with Gasteiger partial charge in [-0.3, -0.25) is 28.9 Å². The molecular weight excluding hydrogens is 1160 g/mol. The van der Waals surface area contributed by atoms with Crippen molar-refractivity contribution in [3.05, 3.63) is 216 Å². The summed E-state index contributed by atoms with van der Waals surface area (Å²) in [5.41, 5.74) is 2.56. The second-order valence-electron chi connectivity index (χ2n) is 12.2. The molecule has 8 aromatic heterocycles. The van der Waals surface area contributed by atoms with Gasteiger partial charge in [-0.05, 0) is 34.3 Å². The minimum atomic E-state index is -1.00. The topological polar surface area (TPSA) is 285 Å². The van der Waals surface area contributed by atoms with Crippen LogP contribution in [0.15, 0.2) is 158 Å². The van der Waals surface area contributed by atoms with Crippen LogP contribution in [0.25, 0.3) is 11.4 Å². The van der Waals surface area contributed by atoms with Gasteiger partial charge in [0.15, 0.2) is 29.1 Å². The third kappa shape index (κ3) is 24.3. The second-order valence-corrected chi connectivity index (χ2v) is 17.6. The molecule has 0 saturated carbocycles. The van der Waals surface area contributed by atoms with Crippen LogP contribution in [0.2, 0.25) is 0 Å². The fraction of sp³-hybridized carbons (Fsp3) is 0.0732. The van der Waals surface area contributed by atoms with Gasteiger partial charge in [0.05, 0.1) is 30.0 Å². The molecule has 0 bridgehead atoms. The number of allylic oxidation sites excluding steroid dienone is 1. The predicted octanol–water partition coefficient (Wildman–Crippen LogP) is 6.53. The van der Waals surface area contributed by atoms with Crippen LogP contribution < -0.4 is 44.4 Å². The molecule has 0 saturated heterocycles. The summed E-state index contributed by atoms with van der Waals surface area (Å²) in [5, 5.41) is 20.1. The minimum Gasteiger partial charge on any atom is -0.537 e. The molecular formula is C41H37B2BrF5N11O8S6. The molecule has 0 unspecified atom stereocenters. The van der Waals surface area contributed by atoms with Crippen molar-refractivity contribution < 1.29 is 31.6 Å². The van der Waals surface area contributed by atoms with Crippen LogP contribution in [0.1, 0.15) is 0 Å². The smallest absolute Gasteiger partial charge is 0.537 e. The highest BCUT2D eigenvalue weighted by molar-refractivity contribution is 9.09. The molecule has 0 aromatic carbocycles. The number of nitrogen functional groups attached to an aromatic ring is 1. The summed E-state index contributed by atoms with van der Waals surface area (Å²) in [7, 11) is 0.669. The number of halogens is 6. The number of thioether (sulfide) groups is 2. The number of alkyl halides is 1. The van der Waals surface area contributed by atoms with Gasteiger partial charge in [0.25, 0.3) is 5.56 Å². The monoisotopic (exact) mass is 1200 g/mol. The molecule has 8 N–H and O–H groups in total. The molecule has 0 fully saturated rings. The number of nitrogens with one attached hydrogen (secondary N) is 5.